The highest BCUT2D eigenvalue weighted by Gasteiger charge is 2.22. The molecule has 1 aromatic carbocycles. The van der Waals surface area contributed by atoms with E-state index in [1.165, 1.54) is 0 Å². The molecule has 4 rings (SSSR count). The van der Waals surface area contributed by atoms with E-state index in [1.807, 2.05) is 25.1 Å². The third-order valence-corrected chi connectivity index (χ3v) is 3.70. The molecular weight excluding hydrogens is 282 g/mol. The van der Waals surface area contributed by atoms with E-state index >= 15 is 0 Å². The molecule has 1 unspecified atom stereocenters. The van der Waals surface area contributed by atoms with Gasteiger partial charge in [0.15, 0.2) is 11.3 Å². The summed E-state index contributed by atoms with van der Waals surface area (Å²) < 4.78 is 11.0. The predicted octanol–water partition coefficient (Wildman–Crippen LogP) is 2.95. The van der Waals surface area contributed by atoms with Crippen LogP contribution < -0.4 is 5.43 Å². The number of hydrogen-bond donors (Lipinski definition) is 1. The van der Waals surface area contributed by atoms with Gasteiger partial charge in [-0.2, -0.15) is 5.10 Å². The van der Waals surface area contributed by atoms with E-state index in [1.54, 1.807) is 18.4 Å². The molecule has 0 aliphatic carbocycles. The van der Waals surface area contributed by atoms with Gasteiger partial charge in [0, 0.05) is 17.9 Å². The Morgan fingerprint density at radius 3 is 3.00 bits per heavy atom. The Balaban J connectivity index is 1.73. The van der Waals surface area contributed by atoms with E-state index in [2.05, 4.69) is 15.5 Å². The van der Waals surface area contributed by atoms with Crippen molar-refractivity contribution in [2.75, 3.05) is 0 Å². The standard InChI is InChI=1S/C16H13N3O3/c1-9-7-12(18-19-15(9)20)10-4-5-11-14(8-10)22-16(17-11)13-3-2-6-21-13/h2-6,8-9H,7H2,1H3,(H,19,20). The molecule has 0 saturated heterocycles. The second-order valence-electron chi connectivity index (χ2n) is 5.32. The minimum Gasteiger partial charge on any atom is -0.459 e. The van der Waals surface area contributed by atoms with Gasteiger partial charge in [0.2, 0.25) is 5.91 Å². The first-order valence-electron chi connectivity index (χ1n) is 7.02. The number of fused-ring (bicyclic) bond motifs is 1. The van der Waals surface area contributed by atoms with Crippen molar-refractivity contribution >= 4 is 22.7 Å². The number of aromatic nitrogens is 1. The number of hydrogen-bond acceptors (Lipinski definition) is 5. The van der Waals surface area contributed by atoms with E-state index in [0.29, 0.717) is 23.7 Å². The van der Waals surface area contributed by atoms with Crippen molar-refractivity contribution in [2.24, 2.45) is 11.0 Å². The highest BCUT2D eigenvalue weighted by Crippen LogP contribution is 2.26. The van der Waals surface area contributed by atoms with Crippen molar-refractivity contribution in [3.63, 3.8) is 0 Å². The van der Waals surface area contributed by atoms with Crippen LogP contribution in [0.5, 0.6) is 0 Å². The van der Waals surface area contributed by atoms with Crippen molar-refractivity contribution in [1.82, 2.24) is 10.4 Å². The third kappa shape index (κ3) is 2.09. The van der Waals surface area contributed by atoms with Crippen LogP contribution in [0.25, 0.3) is 22.8 Å². The molecule has 1 N–H and O–H groups in total. The molecule has 1 aliphatic heterocycles. The maximum atomic E-state index is 11.5. The number of furan rings is 1. The molecule has 0 saturated carbocycles. The number of carbonyl (C=O) groups is 1. The average Bonchev–Trinajstić information content (AvgIpc) is 3.17. The lowest BCUT2D eigenvalue weighted by Crippen LogP contribution is -2.33. The Hall–Kier alpha value is -2.89. The monoisotopic (exact) mass is 295 g/mol. The Morgan fingerprint density at radius 2 is 2.23 bits per heavy atom. The van der Waals surface area contributed by atoms with E-state index in [0.717, 1.165) is 16.8 Å². The number of nitrogens with one attached hydrogen (secondary N) is 1. The molecule has 1 aliphatic rings. The fraction of sp³-hybridized carbons (Fsp3) is 0.188. The van der Waals surface area contributed by atoms with Gasteiger partial charge in [-0.25, -0.2) is 10.4 Å². The second-order valence-corrected chi connectivity index (χ2v) is 5.32. The summed E-state index contributed by atoms with van der Waals surface area (Å²) in [4.78, 5) is 15.9. The number of amides is 1. The molecule has 3 aromatic rings. The minimum absolute atomic E-state index is 0.0513. The zero-order valence-electron chi connectivity index (χ0n) is 11.9. The summed E-state index contributed by atoms with van der Waals surface area (Å²) in [5, 5.41) is 4.13. The van der Waals surface area contributed by atoms with Gasteiger partial charge in [0.05, 0.1) is 12.0 Å². The molecule has 1 atom stereocenters. The maximum Gasteiger partial charge on any atom is 0.263 e. The average molecular weight is 295 g/mol. The summed E-state index contributed by atoms with van der Waals surface area (Å²) >= 11 is 0. The molecule has 3 heterocycles. The molecule has 0 radical (unpaired) electrons. The van der Waals surface area contributed by atoms with Crippen LogP contribution in [-0.4, -0.2) is 16.6 Å². The van der Waals surface area contributed by atoms with Gasteiger partial charge in [0.25, 0.3) is 5.89 Å². The van der Waals surface area contributed by atoms with E-state index in [-0.39, 0.29) is 11.8 Å². The lowest BCUT2D eigenvalue weighted by Gasteiger charge is -2.17. The van der Waals surface area contributed by atoms with Crippen LogP contribution in [0, 0.1) is 5.92 Å². The maximum absolute atomic E-state index is 11.5. The largest absolute Gasteiger partial charge is 0.459 e. The number of rotatable bonds is 2. The molecule has 0 fully saturated rings. The Morgan fingerprint density at radius 1 is 1.32 bits per heavy atom. The van der Waals surface area contributed by atoms with Crippen LogP contribution in [0.3, 0.4) is 0 Å². The second kappa shape index (κ2) is 4.84. The SMILES string of the molecule is CC1CC(c2ccc3nc(-c4ccco4)oc3c2)=NNC1=O. The fourth-order valence-electron chi connectivity index (χ4n) is 2.45. The van der Waals surface area contributed by atoms with Crippen LogP contribution >= 0.6 is 0 Å². The zero-order chi connectivity index (χ0) is 15.1. The molecule has 0 spiro atoms. The molecule has 1 amide bonds. The van der Waals surface area contributed by atoms with Crippen LogP contribution in [0.2, 0.25) is 0 Å². The minimum atomic E-state index is -0.0865. The number of hydrazone groups is 1. The van der Waals surface area contributed by atoms with Gasteiger partial charge in [-0.1, -0.05) is 13.0 Å². The quantitative estimate of drug-likeness (QED) is 0.788. The van der Waals surface area contributed by atoms with Gasteiger partial charge in [-0.3, -0.25) is 4.79 Å². The van der Waals surface area contributed by atoms with Gasteiger partial charge >= 0.3 is 0 Å². The van der Waals surface area contributed by atoms with Crippen molar-refractivity contribution in [1.29, 1.82) is 0 Å². The Kier molecular flexibility index (Phi) is 2.82. The van der Waals surface area contributed by atoms with Crippen LogP contribution in [0.1, 0.15) is 18.9 Å². The van der Waals surface area contributed by atoms with Crippen molar-refractivity contribution in [3.8, 4) is 11.7 Å². The highest BCUT2D eigenvalue weighted by molar-refractivity contribution is 6.06. The first-order chi connectivity index (χ1) is 10.7. The molecule has 6 nitrogen and oxygen atoms in total. The first-order valence-corrected chi connectivity index (χ1v) is 7.02. The number of carbonyl (C=O) groups excluding carboxylic acids is 1. The van der Waals surface area contributed by atoms with Crippen LogP contribution in [0.15, 0.2) is 50.5 Å². The van der Waals surface area contributed by atoms with Crippen molar-refractivity contribution in [3.05, 3.63) is 42.2 Å². The summed E-state index contributed by atoms with van der Waals surface area (Å²) in [7, 11) is 0. The zero-order valence-corrected chi connectivity index (χ0v) is 11.9. The Labute approximate surface area is 125 Å². The summed E-state index contributed by atoms with van der Waals surface area (Å²) in [5.74, 6) is 0.902. The molecule has 2 aromatic heterocycles. The topological polar surface area (TPSA) is 80.6 Å². The van der Waals surface area contributed by atoms with E-state index < -0.39 is 0 Å². The van der Waals surface area contributed by atoms with Gasteiger partial charge in [0.1, 0.15) is 5.52 Å². The lowest BCUT2D eigenvalue weighted by molar-refractivity contribution is -0.124. The van der Waals surface area contributed by atoms with E-state index in [4.69, 9.17) is 8.83 Å². The predicted molar refractivity (Wildman–Crippen MR) is 80.2 cm³/mol. The highest BCUT2D eigenvalue weighted by atomic mass is 16.4. The smallest absolute Gasteiger partial charge is 0.263 e. The molecule has 0 bridgehead atoms. The first kappa shape index (κ1) is 12.8. The molecule has 22 heavy (non-hydrogen) atoms. The number of nitrogens with zero attached hydrogens (tertiary/aromatic N) is 2. The summed E-state index contributed by atoms with van der Waals surface area (Å²) in [6.07, 6.45) is 2.19. The fourth-order valence-corrected chi connectivity index (χ4v) is 2.45. The molecule has 6 heteroatoms. The number of benzene rings is 1. The lowest BCUT2D eigenvalue weighted by atomic mass is 9.97. The number of oxazole rings is 1. The van der Waals surface area contributed by atoms with Crippen molar-refractivity contribution in [2.45, 2.75) is 13.3 Å². The van der Waals surface area contributed by atoms with Gasteiger partial charge in [-0.15, -0.1) is 0 Å². The van der Waals surface area contributed by atoms with E-state index in [9.17, 15) is 4.79 Å². The van der Waals surface area contributed by atoms with Gasteiger partial charge in [-0.05, 0) is 24.3 Å². The van der Waals surface area contributed by atoms with Crippen LogP contribution in [0.4, 0.5) is 0 Å². The third-order valence-electron chi connectivity index (χ3n) is 3.70. The van der Waals surface area contributed by atoms with Gasteiger partial charge < -0.3 is 8.83 Å². The molecule has 110 valence electrons. The van der Waals surface area contributed by atoms with Crippen molar-refractivity contribution < 1.29 is 13.6 Å². The van der Waals surface area contributed by atoms with Crippen LogP contribution in [-0.2, 0) is 4.79 Å². The summed E-state index contributed by atoms with van der Waals surface area (Å²) in [6, 6.07) is 9.28. The normalized spacial score (nSPS) is 18.3. The Bertz CT molecular complexity index is 877. The summed E-state index contributed by atoms with van der Waals surface area (Å²) in [5.41, 5.74) is 5.72. The summed E-state index contributed by atoms with van der Waals surface area (Å²) in [6.45, 7) is 1.88. The molecular formula is C16H13N3O3.